The van der Waals surface area contributed by atoms with Crippen LogP contribution < -0.4 is 5.32 Å². The lowest BCUT2D eigenvalue weighted by atomic mass is 10.0. The number of halogens is 1. The van der Waals surface area contributed by atoms with Crippen LogP contribution in [0.3, 0.4) is 0 Å². The topological polar surface area (TPSA) is 77.8 Å². The van der Waals surface area contributed by atoms with Crippen LogP contribution in [0.4, 0.5) is 0 Å². The molecule has 28 heavy (non-hydrogen) atoms. The van der Waals surface area contributed by atoms with E-state index in [0.29, 0.717) is 34.6 Å². The molecule has 0 fully saturated rings. The highest BCUT2D eigenvalue weighted by Gasteiger charge is 2.23. The second-order valence-electron chi connectivity index (χ2n) is 6.27. The summed E-state index contributed by atoms with van der Waals surface area (Å²) in [4.78, 5) is 19.8. The Morgan fingerprint density at radius 2 is 2.18 bits per heavy atom. The first-order valence-electron chi connectivity index (χ1n) is 8.58. The average Bonchev–Trinajstić information content (AvgIpc) is 3.35. The minimum Gasteiger partial charge on any atom is -0.390 e. The second kappa shape index (κ2) is 8.91. The lowest BCUT2D eigenvalue weighted by Gasteiger charge is -2.17. The molecule has 2 aromatic rings. The molecule has 1 atom stereocenters. The summed E-state index contributed by atoms with van der Waals surface area (Å²) >= 11 is 7.09. The third-order valence-electron chi connectivity index (χ3n) is 4.22. The molecule has 0 saturated heterocycles. The largest absolute Gasteiger partial charge is 0.390 e. The van der Waals surface area contributed by atoms with E-state index in [-0.39, 0.29) is 12.0 Å². The number of thiophene rings is 1. The van der Waals surface area contributed by atoms with E-state index in [1.165, 1.54) is 11.3 Å². The van der Waals surface area contributed by atoms with Gasteiger partial charge in [0.15, 0.2) is 0 Å². The molecule has 144 valence electrons. The van der Waals surface area contributed by atoms with Gasteiger partial charge in [-0.1, -0.05) is 46.9 Å². The number of carbonyl (C=O) groups is 1. The quantitative estimate of drug-likeness (QED) is 0.433. The van der Waals surface area contributed by atoms with Gasteiger partial charge in [-0.2, -0.15) is 0 Å². The van der Waals surface area contributed by atoms with Crippen LogP contribution in [0, 0.1) is 17.8 Å². The van der Waals surface area contributed by atoms with Crippen molar-refractivity contribution >= 4 is 40.4 Å². The molecular formula is C20H19ClN4O2S. The zero-order valence-corrected chi connectivity index (χ0v) is 16.8. The van der Waals surface area contributed by atoms with E-state index in [1.54, 1.807) is 24.1 Å². The van der Waals surface area contributed by atoms with Gasteiger partial charge in [-0.3, -0.25) is 10.2 Å². The molecule has 3 rings (SSSR count). The molecule has 1 aromatic heterocycles. The molecule has 0 radical (unpaired) electrons. The van der Waals surface area contributed by atoms with Crippen LogP contribution in [0.25, 0.3) is 0 Å². The summed E-state index contributed by atoms with van der Waals surface area (Å²) in [5, 5.41) is 15.1. The van der Waals surface area contributed by atoms with Gasteiger partial charge < -0.3 is 15.1 Å². The summed E-state index contributed by atoms with van der Waals surface area (Å²) in [6.45, 7) is 0.743. The molecule has 0 aliphatic carbocycles. The van der Waals surface area contributed by atoms with E-state index >= 15 is 0 Å². The van der Waals surface area contributed by atoms with Gasteiger partial charge in [0, 0.05) is 19.0 Å². The standard InChI is InChI=1S/C20H19ClN4O2S/c1-3-10-25(2)19(22)14-6-4-13(5-7-14)16-11-15(27-24-16)12-23-20(26)17-8-9-18(21)28-17/h1,4-9,15,22H,10-12H2,2H3,(H,23,26). The third-order valence-corrected chi connectivity index (χ3v) is 5.45. The Balaban J connectivity index is 1.53. The van der Waals surface area contributed by atoms with Gasteiger partial charge in [-0.05, 0) is 17.7 Å². The van der Waals surface area contributed by atoms with Crippen molar-refractivity contribution in [2.24, 2.45) is 5.16 Å². The first kappa shape index (κ1) is 19.9. The number of hydrogen-bond acceptors (Lipinski definition) is 5. The fourth-order valence-corrected chi connectivity index (χ4v) is 3.65. The third kappa shape index (κ3) is 4.71. The van der Waals surface area contributed by atoms with Crippen molar-refractivity contribution in [2.75, 3.05) is 20.1 Å². The molecule has 1 unspecified atom stereocenters. The Morgan fingerprint density at radius 3 is 2.82 bits per heavy atom. The van der Waals surface area contributed by atoms with Gasteiger partial charge in [0.2, 0.25) is 0 Å². The van der Waals surface area contributed by atoms with Gasteiger partial charge in [-0.25, -0.2) is 0 Å². The number of nitrogens with zero attached hydrogens (tertiary/aromatic N) is 2. The summed E-state index contributed by atoms with van der Waals surface area (Å²) in [7, 11) is 1.79. The Morgan fingerprint density at radius 1 is 1.43 bits per heavy atom. The van der Waals surface area contributed by atoms with Gasteiger partial charge in [0.25, 0.3) is 5.91 Å². The number of carbonyl (C=O) groups excluding carboxylic acids is 1. The van der Waals surface area contributed by atoms with Crippen LogP contribution in [0.5, 0.6) is 0 Å². The lowest BCUT2D eigenvalue weighted by molar-refractivity contribution is 0.0755. The number of rotatable bonds is 6. The first-order chi connectivity index (χ1) is 13.5. The van der Waals surface area contributed by atoms with E-state index in [0.717, 1.165) is 16.8 Å². The van der Waals surface area contributed by atoms with Crippen molar-refractivity contribution in [1.29, 1.82) is 5.41 Å². The molecule has 2 heterocycles. The lowest BCUT2D eigenvalue weighted by Crippen LogP contribution is -2.31. The summed E-state index contributed by atoms with van der Waals surface area (Å²) in [5.41, 5.74) is 2.52. The van der Waals surface area contributed by atoms with E-state index < -0.39 is 0 Å². The Kier molecular flexibility index (Phi) is 6.34. The van der Waals surface area contributed by atoms with E-state index in [1.807, 2.05) is 24.3 Å². The number of benzene rings is 1. The van der Waals surface area contributed by atoms with Crippen LogP contribution in [0.15, 0.2) is 41.6 Å². The van der Waals surface area contributed by atoms with E-state index in [4.69, 9.17) is 28.3 Å². The summed E-state index contributed by atoms with van der Waals surface area (Å²) in [6, 6.07) is 10.9. The Labute approximate surface area is 172 Å². The zero-order chi connectivity index (χ0) is 20.1. The molecule has 8 heteroatoms. The Hall–Kier alpha value is -2.82. The normalized spacial score (nSPS) is 15.3. The van der Waals surface area contributed by atoms with Crippen molar-refractivity contribution in [2.45, 2.75) is 12.5 Å². The van der Waals surface area contributed by atoms with Gasteiger partial charge in [0.1, 0.15) is 11.9 Å². The van der Waals surface area contributed by atoms with Crippen LogP contribution in [0.2, 0.25) is 4.34 Å². The zero-order valence-electron chi connectivity index (χ0n) is 15.2. The maximum Gasteiger partial charge on any atom is 0.261 e. The predicted octanol–water partition coefficient (Wildman–Crippen LogP) is 3.21. The van der Waals surface area contributed by atoms with Crippen LogP contribution in [-0.4, -0.2) is 48.6 Å². The fraction of sp³-hybridized carbons (Fsp3) is 0.250. The van der Waals surface area contributed by atoms with Crippen molar-refractivity contribution in [3.8, 4) is 12.3 Å². The number of nitrogens with one attached hydrogen (secondary N) is 2. The molecule has 0 bridgehead atoms. The van der Waals surface area contributed by atoms with Crippen LogP contribution in [0.1, 0.15) is 27.2 Å². The van der Waals surface area contributed by atoms with E-state index in [2.05, 4.69) is 16.4 Å². The van der Waals surface area contributed by atoms with Crippen LogP contribution >= 0.6 is 22.9 Å². The molecule has 0 saturated carbocycles. The summed E-state index contributed by atoms with van der Waals surface area (Å²) < 4.78 is 0.579. The minimum absolute atomic E-state index is 0.173. The highest BCUT2D eigenvalue weighted by Crippen LogP contribution is 2.21. The maximum atomic E-state index is 12.1. The highest BCUT2D eigenvalue weighted by molar-refractivity contribution is 7.17. The molecule has 1 aliphatic rings. The predicted molar refractivity (Wildman–Crippen MR) is 112 cm³/mol. The number of terminal acetylenes is 1. The molecule has 2 N–H and O–H groups in total. The first-order valence-corrected chi connectivity index (χ1v) is 9.77. The van der Waals surface area contributed by atoms with Crippen molar-refractivity contribution < 1.29 is 9.63 Å². The number of oxime groups is 1. The monoisotopic (exact) mass is 414 g/mol. The fourth-order valence-electron chi connectivity index (χ4n) is 2.70. The van der Waals surface area contributed by atoms with Crippen molar-refractivity contribution in [1.82, 2.24) is 10.2 Å². The van der Waals surface area contributed by atoms with Gasteiger partial charge >= 0.3 is 0 Å². The second-order valence-corrected chi connectivity index (χ2v) is 7.98. The van der Waals surface area contributed by atoms with Crippen molar-refractivity contribution in [3.63, 3.8) is 0 Å². The molecule has 1 aliphatic heterocycles. The van der Waals surface area contributed by atoms with Crippen molar-refractivity contribution in [3.05, 3.63) is 56.7 Å². The van der Waals surface area contributed by atoms with E-state index in [9.17, 15) is 4.79 Å². The summed E-state index contributed by atoms with van der Waals surface area (Å²) in [6.07, 6.45) is 5.68. The summed E-state index contributed by atoms with van der Waals surface area (Å²) in [5.74, 6) is 2.72. The smallest absolute Gasteiger partial charge is 0.261 e. The molecule has 1 aromatic carbocycles. The number of amidine groups is 1. The number of amides is 1. The van der Waals surface area contributed by atoms with Crippen LogP contribution in [-0.2, 0) is 4.84 Å². The Bertz CT molecular complexity index is 946. The molecule has 6 nitrogen and oxygen atoms in total. The van der Waals surface area contributed by atoms with Gasteiger partial charge in [0.05, 0.1) is 28.0 Å². The highest BCUT2D eigenvalue weighted by atomic mass is 35.5. The maximum absolute atomic E-state index is 12.1. The average molecular weight is 415 g/mol. The van der Waals surface area contributed by atoms with Gasteiger partial charge in [-0.15, -0.1) is 17.8 Å². The molecule has 0 spiro atoms. The number of hydrogen-bond donors (Lipinski definition) is 2. The molecule has 1 amide bonds. The SMILES string of the molecule is C#CCN(C)C(=N)c1ccc(C2=NOC(CNC(=O)c3ccc(Cl)s3)C2)cc1. The minimum atomic E-state index is -0.214. The molecular weight excluding hydrogens is 396 g/mol.